The average Bonchev–Trinajstić information content (AvgIpc) is 3.36. The molecular weight excluding hydrogens is 474 g/mol. The molecule has 0 atom stereocenters. The van der Waals surface area contributed by atoms with Crippen LogP contribution in [0.15, 0.2) is 48.6 Å². The van der Waals surface area contributed by atoms with Crippen LogP contribution in [0.2, 0.25) is 0 Å². The van der Waals surface area contributed by atoms with Gasteiger partial charge >= 0.3 is 0 Å². The molecule has 0 unspecified atom stereocenters. The van der Waals surface area contributed by atoms with Crippen molar-refractivity contribution >= 4 is 29.4 Å². The van der Waals surface area contributed by atoms with Gasteiger partial charge in [0.2, 0.25) is 5.95 Å². The van der Waals surface area contributed by atoms with E-state index in [1.165, 1.54) is 17.6 Å². The number of nitrogens with zero attached hydrogens (tertiary/aromatic N) is 3. The number of carbonyl (C=O) groups excluding carboxylic acids is 1. The largest absolute Gasteiger partial charge is 0.387 e. The van der Waals surface area contributed by atoms with Crippen LogP contribution in [0.5, 0.6) is 0 Å². The van der Waals surface area contributed by atoms with Crippen molar-refractivity contribution in [1.29, 1.82) is 5.41 Å². The number of hydrogen-bond donors (Lipinski definition) is 4. The molecule has 2 heterocycles. The molecule has 3 rings (SSSR count). The van der Waals surface area contributed by atoms with E-state index >= 15 is 0 Å². The number of carbonyl (C=O) groups is 1. The molecule has 1 amide bonds. The summed E-state index contributed by atoms with van der Waals surface area (Å²) in [6, 6.07) is 7.85. The number of nitrogens with one attached hydrogen (secondary N) is 4. The molecule has 0 aliphatic heterocycles. The highest BCUT2D eigenvalue weighted by molar-refractivity contribution is 7.13. The van der Waals surface area contributed by atoms with Crippen LogP contribution in [0, 0.1) is 12.3 Å². The number of ether oxygens (including phenoxy) is 1. The fourth-order valence-corrected chi connectivity index (χ4v) is 4.10. The predicted octanol–water partition coefficient (Wildman–Crippen LogP) is 4.27. The van der Waals surface area contributed by atoms with Crippen molar-refractivity contribution in [2.24, 2.45) is 0 Å². The van der Waals surface area contributed by atoms with Gasteiger partial charge in [0.05, 0.1) is 29.2 Å². The predicted molar refractivity (Wildman–Crippen MR) is 145 cm³/mol. The number of aryl methyl sites for hydroxylation is 1. The summed E-state index contributed by atoms with van der Waals surface area (Å²) >= 11 is 1.43. The molecule has 10 heteroatoms. The monoisotopic (exact) mass is 507 g/mol. The third-order valence-electron chi connectivity index (χ3n) is 5.22. The zero-order valence-corrected chi connectivity index (χ0v) is 22.1. The third kappa shape index (κ3) is 7.43. The first kappa shape index (κ1) is 27.0. The molecule has 36 heavy (non-hydrogen) atoms. The first-order chi connectivity index (χ1) is 17.2. The molecule has 0 aliphatic carbocycles. The van der Waals surface area contributed by atoms with Gasteiger partial charge in [0, 0.05) is 49.8 Å². The molecule has 4 N–H and O–H groups in total. The molecule has 0 bridgehead atoms. The highest BCUT2D eigenvalue weighted by Crippen LogP contribution is 2.27. The van der Waals surface area contributed by atoms with Crippen molar-refractivity contribution in [2.45, 2.75) is 39.7 Å². The Morgan fingerprint density at radius 1 is 1.22 bits per heavy atom. The second kappa shape index (κ2) is 12.4. The minimum Gasteiger partial charge on any atom is -0.387 e. The zero-order chi connectivity index (χ0) is 26.1. The Labute approximate surface area is 216 Å². The Balaban J connectivity index is 1.65. The van der Waals surface area contributed by atoms with Crippen LogP contribution < -0.4 is 16.0 Å². The lowest BCUT2D eigenvalue weighted by Gasteiger charge is -2.13. The summed E-state index contributed by atoms with van der Waals surface area (Å²) in [5.41, 5.74) is 4.20. The smallest absolute Gasteiger partial charge is 0.263 e. The van der Waals surface area contributed by atoms with E-state index in [2.05, 4.69) is 51.7 Å². The molecular formula is C26H33N7O2S. The van der Waals surface area contributed by atoms with Gasteiger partial charge in [-0.25, -0.2) is 15.0 Å². The second-order valence-corrected chi connectivity index (χ2v) is 10.2. The highest BCUT2D eigenvalue weighted by Gasteiger charge is 2.20. The zero-order valence-electron chi connectivity index (χ0n) is 21.3. The molecule has 0 saturated heterocycles. The van der Waals surface area contributed by atoms with Gasteiger partial charge in [0.15, 0.2) is 0 Å². The molecule has 1 aromatic carbocycles. The van der Waals surface area contributed by atoms with Gasteiger partial charge < -0.3 is 26.1 Å². The average molecular weight is 508 g/mol. The standard InChI is InChI=1S/C26H33N7O2S/c1-17-12-18(21-8-9-29-25(33-21)32-20(13-27)15-28-10-11-35-5)6-7-19(17)14-30-23(34)22-16-31-24(36-22)26(2,3)4/h6-9,12-13,15-16,27-28H,10-11,14H2,1-5H3,(H,30,34)(H,29,32,33)/b20-15+,27-13?. The molecule has 0 aliphatic rings. The fraction of sp³-hybridized carbons (Fsp3) is 0.346. The molecule has 2 aromatic heterocycles. The van der Waals surface area contributed by atoms with Gasteiger partial charge in [0.25, 0.3) is 5.91 Å². The minimum atomic E-state index is -0.121. The summed E-state index contributed by atoms with van der Waals surface area (Å²) < 4.78 is 5.00. The van der Waals surface area contributed by atoms with Gasteiger partial charge in [-0.1, -0.05) is 32.9 Å². The summed E-state index contributed by atoms with van der Waals surface area (Å²) in [5, 5.41) is 17.6. The Morgan fingerprint density at radius 3 is 2.69 bits per heavy atom. The quantitative estimate of drug-likeness (QED) is 0.226. The topological polar surface area (TPSA) is 125 Å². The van der Waals surface area contributed by atoms with E-state index in [1.807, 2.05) is 31.2 Å². The van der Waals surface area contributed by atoms with E-state index in [0.717, 1.165) is 27.4 Å². The third-order valence-corrected chi connectivity index (χ3v) is 6.65. The van der Waals surface area contributed by atoms with E-state index in [1.54, 1.807) is 25.7 Å². The van der Waals surface area contributed by atoms with Gasteiger partial charge in [-0.2, -0.15) is 0 Å². The number of thiazole rings is 1. The summed E-state index contributed by atoms with van der Waals surface area (Å²) in [6.07, 6.45) is 6.20. The number of aromatic nitrogens is 3. The lowest BCUT2D eigenvalue weighted by Crippen LogP contribution is -2.22. The van der Waals surface area contributed by atoms with E-state index in [9.17, 15) is 4.79 Å². The molecule has 0 fully saturated rings. The van der Waals surface area contributed by atoms with E-state index in [4.69, 9.17) is 10.1 Å². The van der Waals surface area contributed by atoms with E-state index in [-0.39, 0.29) is 11.3 Å². The van der Waals surface area contributed by atoms with Gasteiger partial charge in [-0.05, 0) is 30.2 Å². The Morgan fingerprint density at radius 2 is 2.03 bits per heavy atom. The molecule has 0 radical (unpaired) electrons. The Bertz CT molecular complexity index is 1230. The van der Waals surface area contributed by atoms with Crippen LogP contribution >= 0.6 is 11.3 Å². The highest BCUT2D eigenvalue weighted by atomic mass is 32.1. The van der Waals surface area contributed by atoms with Crippen LogP contribution in [0.4, 0.5) is 5.95 Å². The molecule has 190 valence electrons. The summed E-state index contributed by atoms with van der Waals surface area (Å²) in [5.74, 6) is 0.272. The van der Waals surface area contributed by atoms with Crippen molar-refractivity contribution in [3.8, 4) is 11.3 Å². The van der Waals surface area contributed by atoms with Crippen LogP contribution in [-0.4, -0.2) is 47.3 Å². The second-order valence-electron chi connectivity index (χ2n) is 9.19. The van der Waals surface area contributed by atoms with Crippen LogP contribution in [0.25, 0.3) is 11.3 Å². The number of hydrogen-bond acceptors (Lipinski definition) is 9. The first-order valence-electron chi connectivity index (χ1n) is 11.6. The van der Waals surface area contributed by atoms with Crippen molar-refractivity contribution in [2.75, 3.05) is 25.6 Å². The normalized spacial score (nSPS) is 11.8. The number of anilines is 1. The SMILES string of the molecule is COCCN/C=C(\C=N)Nc1nccc(-c2ccc(CNC(=O)c3cnc(C(C)(C)C)s3)c(C)c2)n1. The Hall–Kier alpha value is -3.63. The number of amides is 1. The molecule has 9 nitrogen and oxygen atoms in total. The van der Waals surface area contributed by atoms with Crippen LogP contribution in [0.3, 0.4) is 0 Å². The van der Waals surface area contributed by atoms with E-state index in [0.29, 0.717) is 36.2 Å². The van der Waals surface area contributed by atoms with Crippen LogP contribution in [0.1, 0.15) is 46.6 Å². The molecule has 0 saturated carbocycles. The Kier molecular flexibility index (Phi) is 9.26. The van der Waals surface area contributed by atoms with Crippen molar-refractivity contribution in [3.63, 3.8) is 0 Å². The van der Waals surface area contributed by atoms with E-state index < -0.39 is 0 Å². The number of allylic oxidation sites excluding steroid dienone is 1. The maximum atomic E-state index is 12.6. The van der Waals surface area contributed by atoms with Crippen molar-refractivity contribution in [1.82, 2.24) is 25.6 Å². The lowest BCUT2D eigenvalue weighted by molar-refractivity contribution is 0.0954. The summed E-state index contributed by atoms with van der Waals surface area (Å²) in [7, 11) is 1.63. The van der Waals surface area contributed by atoms with Crippen molar-refractivity contribution < 1.29 is 9.53 Å². The van der Waals surface area contributed by atoms with Gasteiger partial charge in [0.1, 0.15) is 4.88 Å². The molecule has 0 spiro atoms. The van der Waals surface area contributed by atoms with Gasteiger partial charge in [-0.3, -0.25) is 4.79 Å². The number of methoxy groups -OCH3 is 1. The number of benzene rings is 1. The van der Waals surface area contributed by atoms with Crippen LogP contribution in [-0.2, 0) is 16.7 Å². The summed E-state index contributed by atoms with van der Waals surface area (Å²) in [4.78, 5) is 26.5. The summed E-state index contributed by atoms with van der Waals surface area (Å²) in [6.45, 7) is 9.88. The van der Waals surface area contributed by atoms with Gasteiger partial charge in [-0.15, -0.1) is 11.3 Å². The maximum absolute atomic E-state index is 12.6. The fourth-order valence-electron chi connectivity index (χ4n) is 3.21. The molecule has 3 aromatic rings. The maximum Gasteiger partial charge on any atom is 0.263 e. The number of rotatable bonds is 11. The first-order valence-corrected chi connectivity index (χ1v) is 12.4. The minimum absolute atomic E-state index is 0.0791. The lowest BCUT2D eigenvalue weighted by atomic mass is 9.98. The van der Waals surface area contributed by atoms with Crippen molar-refractivity contribution in [3.05, 3.63) is 69.6 Å².